The number of carbonyl (C=O) groups excluding carboxylic acids is 2. The summed E-state index contributed by atoms with van der Waals surface area (Å²) in [5, 5.41) is 8.62. The maximum Gasteiger partial charge on any atom is 0.323 e. The Labute approximate surface area is 95.5 Å². The maximum absolute atomic E-state index is 13.7. The molecule has 1 amide bonds. The number of nitrogens with zero attached hydrogens (tertiary/aromatic N) is 1. The van der Waals surface area contributed by atoms with Crippen LogP contribution in [0.5, 0.6) is 0 Å². The first-order valence-electron chi connectivity index (χ1n) is 4.80. The molecule has 0 saturated heterocycles. The molecule has 1 aliphatic rings. The van der Waals surface area contributed by atoms with Crippen molar-refractivity contribution in [3.8, 4) is 0 Å². The Morgan fingerprint density at radius 1 is 1.41 bits per heavy atom. The minimum absolute atomic E-state index is 0.0752. The molecule has 0 radical (unpaired) electrons. The van der Waals surface area contributed by atoms with Crippen molar-refractivity contribution in [3.63, 3.8) is 0 Å². The number of carboxylic acids is 1. The van der Waals surface area contributed by atoms with Crippen LogP contribution in [-0.4, -0.2) is 29.3 Å². The smallest absolute Gasteiger partial charge is 0.323 e. The van der Waals surface area contributed by atoms with Gasteiger partial charge >= 0.3 is 5.97 Å². The van der Waals surface area contributed by atoms with Crippen molar-refractivity contribution >= 4 is 23.3 Å². The molecule has 0 fully saturated rings. The zero-order valence-corrected chi connectivity index (χ0v) is 8.86. The van der Waals surface area contributed by atoms with Crippen molar-refractivity contribution in [2.75, 3.05) is 11.4 Å². The fourth-order valence-electron chi connectivity index (χ4n) is 1.81. The fraction of sp³-hybridized carbons (Fsp3) is 0.182. The lowest BCUT2D eigenvalue weighted by molar-refractivity contribution is -0.136. The highest BCUT2D eigenvalue weighted by Gasteiger charge is 2.39. The number of benzene rings is 1. The van der Waals surface area contributed by atoms with E-state index in [1.54, 1.807) is 6.92 Å². The lowest BCUT2D eigenvalue weighted by Crippen LogP contribution is -2.34. The van der Waals surface area contributed by atoms with E-state index < -0.39 is 30.0 Å². The van der Waals surface area contributed by atoms with Crippen LogP contribution in [0.15, 0.2) is 12.1 Å². The summed E-state index contributed by atoms with van der Waals surface area (Å²) >= 11 is 0. The number of hydrogen-bond donors (Lipinski definition) is 1. The van der Waals surface area contributed by atoms with Gasteiger partial charge in [0.1, 0.15) is 12.4 Å². The first-order chi connectivity index (χ1) is 7.91. The lowest BCUT2D eigenvalue weighted by atomic mass is 10.1. The highest BCUT2D eigenvalue weighted by atomic mass is 19.1. The molecule has 1 aromatic rings. The van der Waals surface area contributed by atoms with Gasteiger partial charge in [0.2, 0.25) is 0 Å². The third-order valence-corrected chi connectivity index (χ3v) is 2.46. The summed E-state index contributed by atoms with van der Waals surface area (Å²) in [6, 6.07) is 2.53. The number of anilines is 1. The van der Waals surface area contributed by atoms with Crippen molar-refractivity contribution in [1.82, 2.24) is 0 Å². The van der Waals surface area contributed by atoms with Gasteiger partial charge in [0.05, 0.1) is 11.3 Å². The Bertz CT molecular complexity index is 553. The summed E-state index contributed by atoms with van der Waals surface area (Å²) in [6.45, 7) is 0.860. The zero-order chi connectivity index (χ0) is 12.7. The molecule has 0 aromatic heterocycles. The molecule has 0 aliphatic carbocycles. The van der Waals surface area contributed by atoms with E-state index in [-0.39, 0.29) is 11.3 Å². The van der Waals surface area contributed by atoms with E-state index in [1.807, 2.05) is 0 Å². The second kappa shape index (κ2) is 3.65. The average Bonchev–Trinajstić information content (AvgIpc) is 2.43. The number of halogens is 1. The van der Waals surface area contributed by atoms with E-state index >= 15 is 0 Å². The topological polar surface area (TPSA) is 74.7 Å². The van der Waals surface area contributed by atoms with Crippen LogP contribution < -0.4 is 4.90 Å². The average molecular weight is 237 g/mol. The van der Waals surface area contributed by atoms with Crippen molar-refractivity contribution in [1.29, 1.82) is 0 Å². The predicted molar refractivity (Wildman–Crippen MR) is 55.5 cm³/mol. The Morgan fingerprint density at radius 2 is 2.06 bits per heavy atom. The van der Waals surface area contributed by atoms with Crippen molar-refractivity contribution < 1.29 is 23.9 Å². The first kappa shape index (κ1) is 11.3. The van der Waals surface area contributed by atoms with Crippen LogP contribution in [0.1, 0.15) is 15.9 Å². The van der Waals surface area contributed by atoms with Crippen LogP contribution >= 0.6 is 0 Å². The fourth-order valence-corrected chi connectivity index (χ4v) is 1.81. The Morgan fingerprint density at radius 3 is 2.65 bits per heavy atom. The van der Waals surface area contributed by atoms with Gasteiger partial charge in [0, 0.05) is 0 Å². The van der Waals surface area contributed by atoms with Crippen LogP contribution in [0.3, 0.4) is 0 Å². The molecule has 1 heterocycles. The number of aryl methyl sites for hydroxylation is 1. The van der Waals surface area contributed by atoms with Crippen LogP contribution in [0, 0.1) is 12.7 Å². The minimum Gasteiger partial charge on any atom is -0.480 e. The Kier molecular flexibility index (Phi) is 2.42. The summed E-state index contributed by atoms with van der Waals surface area (Å²) in [7, 11) is 0. The number of carboxylic acid groups (broad SMARTS) is 1. The van der Waals surface area contributed by atoms with Crippen molar-refractivity contribution in [2.45, 2.75) is 6.92 Å². The number of fused-ring (bicyclic) bond motifs is 1. The molecule has 0 spiro atoms. The largest absolute Gasteiger partial charge is 0.480 e. The number of rotatable bonds is 2. The summed E-state index contributed by atoms with van der Waals surface area (Å²) in [5.74, 6) is -3.95. The molecule has 0 unspecified atom stereocenters. The summed E-state index contributed by atoms with van der Waals surface area (Å²) < 4.78 is 13.7. The minimum atomic E-state index is -1.31. The second-order valence-corrected chi connectivity index (χ2v) is 3.76. The molecule has 17 heavy (non-hydrogen) atoms. The van der Waals surface area contributed by atoms with E-state index in [0.29, 0.717) is 10.5 Å². The molecule has 2 rings (SSSR count). The molecule has 1 aromatic carbocycles. The number of carbonyl (C=O) groups is 3. The number of Topliss-reactive ketones (excluding diaryl/α,β-unsaturated/α-hetero) is 1. The Hall–Kier alpha value is -2.24. The van der Waals surface area contributed by atoms with Gasteiger partial charge in [-0.25, -0.2) is 4.39 Å². The van der Waals surface area contributed by atoms with Gasteiger partial charge < -0.3 is 5.11 Å². The monoisotopic (exact) mass is 237 g/mol. The van der Waals surface area contributed by atoms with Crippen molar-refractivity contribution in [3.05, 3.63) is 29.1 Å². The molecule has 1 aliphatic heterocycles. The Balaban J connectivity index is 2.60. The molecular formula is C11H8FNO4. The van der Waals surface area contributed by atoms with Crippen LogP contribution in [0.2, 0.25) is 0 Å². The summed E-state index contributed by atoms with van der Waals surface area (Å²) in [6.07, 6.45) is 0. The molecule has 0 bridgehead atoms. The third kappa shape index (κ3) is 1.67. The zero-order valence-electron chi connectivity index (χ0n) is 8.86. The van der Waals surface area contributed by atoms with E-state index in [2.05, 4.69) is 0 Å². The van der Waals surface area contributed by atoms with E-state index in [0.717, 1.165) is 6.07 Å². The van der Waals surface area contributed by atoms with E-state index in [4.69, 9.17) is 5.11 Å². The second-order valence-electron chi connectivity index (χ2n) is 3.76. The van der Waals surface area contributed by atoms with Gasteiger partial charge in [-0.1, -0.05) is 0 Å². The number of ketones is 1. The molecule has 88 valence electrons. The normalized spacial score (nSPS) is 14.1. The van der Waals surface area contributed by atoms with Crippen LogP contribution in [0.25, 0.3) is 0 Å². The predicted octanol–water partition coefficient (Wildman–Crippen LogP) is 0.748. The quantitative estimate of drug-likeness (QED) is 0.770. The van der Waals surface area contributed by atoms with Crippen LogP contribution in [0.4, 0.5) is 10.1 Å². The highest BCUT2D eigenvalue weighted by Crippen LogP contribution is 2.32. The highest BCUT2D eigenvalue weighted by molar-refractivity contribution is 6.52. The summed E-state index contributed by atoms with van der Waals surface area (Å²) in [5.41, 5.74) is 0.182. The van der Waals surface area contributed by atoms with E-state index in [1.165, 1.54) is 6.07 Å². The lowest BCUT2D eigenvalue weighted by Gasteiger charge is -2.14. The third-order valence-electron chi connectivity index (χ3n) is 2.46. The van der Waals surface area contributed by atoms with Gasteiger partial charge in [-0.2, -0.15) is 0 Å². The van der Waals surface area contributed by atoms with Gasteiger partial charge in [-0.05, 0) is 24.6 Å². The van der Waals surface area contributed by atoms with Crippen molar-refractivity contribution in [2.24, 2.45) is 0 Å². The molecule has 1 N–H and O–H groups in total. The maximum atomic E-state index is 13.7. The number of hydrogen-bond acceptors (Lipinski definition) is 3. The SMILES string of the molecule is Cc1cc(F)c2c(c1)C(=O)C(=O)N2CC(=O)O. The van der Waals surface area contributed by atoms with Gasteiger partial charge in [0.15, 0.2) is 0 Å². The van der Waals surface area contributed by atoms with Gasteiger partial charge in [-0.15, -0.1) is 0 Å². The molecule has 0 saturated carbocycles. The molecule has 0 atom stereocenters. The van der Waals surface area contributed by atoms with Gasteiger partial charge in [0.25, 0.3) is 11.7 Å². The summed E-state index contributed by atoms with van der Waals surface area (Å²) in [4.78, 5) is 34.3. The number of aliphatic carboxylic acids is 1. The molecule has 5 nitrogen and oxygen atoms in total. The number of amides is 1. The first-order valence-corrected chi connectivity index (χ1v) is 4.80. The molecular weight excluding hydrogens is 229 g/mol. The van der Waals surface area contributed by atoms with Gasteiger partial charge in [-0.3, -0.25) is 19.3 Å². The van der Waals surface area contributed by atoms with Crippen LogP contribution in [-0.2, 0) is 9.59 Å². The van der Waals surface area contributed by atoms with E-state index in [9.17, 15) is 18.8 Å². The molecule has 6 heteroatoms. The standard InChI is InChI=1S/C11H8FNO4/c1-5-2-6-9(7(12)3-5)13(4-8(14)15)11(17)10(6)16/h2-3H,4H2,1H3,(H,14,15).